The maximum Gasteiger partial charge on any atom is 0.242 e. The van der Waals surface area contributed by atoms with Gasteiger partial charge in [0.25, 0.3) is 0 Å². The summed E-state index contributed by atoms with van der Waals surface area (Å²) in [5, 5.41) is 6.73. The fourth-order valence-electron chi connectivity index (χ4n) is 1.85. The van der Waals surface area contributed by atoms with E-state index in [0.29, 0.717) is 6.54 Å². The van der Waals surface area contributed by atoms with Crippen LogP contribution >= 0.6 is 0 Å². The van der Waals surface area contributed by atoms with Crippen LogP contribution < -0.4 is 10.2 Å². The number of nitrogens with zero attached hydrogens (tertiary/aromatic N) is 3. The molecule has 5 nitrogen and oxygen atoms in total. The number of rotatable bonds is 4. The molecule has 0 saturated carbocycles. The molecule has 1 amide bonds. The van der Waals surface area contributed by atoms with Gasteiger partial charge in [0, 0.05) is 32.1 Å². The Hall–Kier alpha value is -2.74. The van der Waals surface area contributed by atoms with Crippen LogP contribution in [-0.2, 0) is 11.3 Å². The van der Waals surface area contributed by atoms with Crippen molar-refractivity contribution in [3.63, 3.8) is 0 Å². The summed E-state index contributed by atoms with van der Waals surface area (Å²) in [7, 11) is 3.96. The molecule has 0 spiro atoms. The van der Waals surface area contributed by atoms with Crippen molar-refractivity contribution in [2.75, 3.05) is 25.5 Å². The normalized spacial score (nSPS) is 9.62. The zero-order valence-electron chi connectivity index (χ0n) is 12.2. The average Bonchev–Trinajstić information content (AvgIpc) is 2.96. The van der Waals surface area contributed by atoms with Crippen LogP contribution in [0.2, 0.25) is 0 Å². The Kier molecular flexibility index (Phi) is 4.99. The highest BCUT2D eigenvalue weighted by molar-refractivity contribution is 5.75. The van der Waals surface area contributed by atoms with Crippen LogP contribution in [0.3, 0.4) is 0 Å². The first-order valence-electron chi connectivity index (χ1n) is 6.66. The first-order valence-corrected chi connectivity index (χ1v) is 6.66. The second-order valence-corrected chi connectivity index (χ2v) is 4.69. The number of amides is 1. The molecule has 0 bridgehead atoms. The first-order chi connectivity index (χ1) is 10.2. The summed E-state index contributed by atoms with van der Waals surface area (Å²) in [5.74, 6) is 5.95. The van der Waals surface area contributed by atoms with E-state index in [0.717, 1.165) is 11.3 Å². The van der Waals surface area contributed by atoms with Crippen molar-refractivity contribution >= 4 is 11.6 Å². The van der Waals surface area contributed by atoms with Crippen LogP contribution in [0.4, 0.5) is 5.69 Å². The van der Waals surface area contributed by atoms with Gasteiger partial charge in [-0.2, -0.15) is 5.10 Å². The Labute approximate surface area is 124 Å². The molecule has 1 aromatic carbocycles. The Balaban J connectivity index is 1.88. The molecule has 108 valence electrons. The number of hydrogen-bond acceptors (Lipinski definition) is 3. The third-order valence-electron chi connectivity index (χ3n) is 2.85. The van der Waals surface area contributed by atoms with Gasteiger partial charge in [0.05, 0.1) is 12.2 Å². The molecule has 0 aliphatic rings. The van der Waals surface area contributed by atoms with Gasteiger partial charge >= 0.3 is 0 Å². The minimum Gasteiger partial charge on any atom is -0.377 e. The molecule has 0 atom stereocenters. The Morgan fingerprint density at radius 2 is 2.14 bits per heavy atom. The van der Waals surface area contributed by atoms with Crippen LogP contribution in [0, 0.1) is 11.8 Å². The van der Waals surface area contributed by atoms with Crippen LogP contribution in [0.25, 0.3) is 0 Å². The summed E-state index contributed by atoms with van der Waals surface area (Å²) in [4.78, 5) is 13.7. The number of anilines is 1. The standard InChI is InChI=1S/C16H18N4O/c1-19(2)15-9-4-3-7-14(15)8-5-10-17-16(21)13-20-12-6-11-18-20/h3-4,6-7,9,11-12H,10,13H2,1-2H3,(H,17,21). The van der Waals surface area contributed by atoms with Crippen molar-refractivity contribution in [1.29, 1.82) is 0 Å². The number of para-hydroxylation sites is 1. The van der Waals surface area contributed by atoms with E-state index in [1.54, 1.807) is 23.1 Å². The lowest BCUT2D eigenvalue weighted by Crippen LogP contribution is -2.27. The SMILES string of the molecule is CN(C)c1ccccc1C#CCNC(=O)Cn1cccn1. The number of hydrogen-bond donors (Lipinski definition) is 1. The Bertz CT molecular complexity index is 650. The minimum atomic E-state index is -0.103. The third-order valence-corrected chi connectivity index (χ3v) is 2.85. The lowest BCUT2D eigenvalue weighted by Gasteiger charge is -2.13. The van der Waals surface area contributed by atoms with Crippen LogP contribution in [0.1, 0.15) is 5.56 Å². The van der Waals surface area contributed by atoms with E-state index in [-0.39, 0.29) is 12.5 Å². The first kappa shape index (κ1) is 14.7. The van der Waals surface area contributed by atoms with Crippen LogP contribution in [-0.4, -0.2) is 36.3 Å². The zero-order valence-corrected chi connectivity index (χ0v) is 12.2. The largest absolute Gasteiger partial charge is 0.377 e. The minimum absolute atomic E-state index is 0.103. The Morgan fingerprint density at radius 1 is 1.33 bits per heavy atom. The Morgan fingerprint density at radius 3 is 2.86 bits per heavy atom. The number of aromatic nitrogens is 2. The van der Waals surface area contributed by atoms with E-state index in [1.807, 2.05) is 43.3 Å². The molecular formula is C16H18N4O. The van der Waals surface area contributed by atoms with Crippen LogP contribution in [0.5, 0.6) is 0 Å². The van der Waals surface area contributed by atoms with Gasteiger partial charge < -0.3 is 10.2 Å². The molecule has 5 heteroatoms. The van der Waals surface area contributed by atoms with Crippen molar-refractivity contribution in [1.82, 2.24) is 15.1 Å². The number of nitrogens with one attached hydrogen (secondary N) is 1. The predicted molar refractivity (Wildman–Crippen MR) is 82.9 cm³/mol. The fraction of sp³-hybridized carbons (Fsp3) is 0.250. The molecule has 2 rings (SSSR count). The van der Waals surface area contributed by atoms with Gasteiger partial charge in [-0.1, -0.05) is 24.0 Å². The summed E-state index contributed by atoms with van der Waals surface area (Å²) in [6.07, 6.45) is 3.39. The smallest absolute Gasteiger partial charge is 0.242 e. The van der Waals surface area contributed by atoms with Crippen molar-refractivity contribution in [3.05, 3.63) is 48.3 Å². The van der Waals surface area contributed by atoms with Crippen molar-refractivity contribution in [2.45, 2.75) is 6.54 Å². The number of benzene rings is 1. The molecule has 1 aromatic heterocycles. The summed E-state index contributed by atoms with van der Waals surface area (Å²) in [6, 6.07) is 9.69. The lowest BCUT2D eigenvalue weighted by atomic mass is 10.1. The van der Waals surface area contributed by atoms with Gasteiger partial charge in [0.15, 0.2) is 0 Å². The van der Waals surface area contributed by atoms with E-state index in [9.17, 15) is 4.79 Å². The predicted octanol–water partition coefficient (Wildman–Crippen LogP) is 1.12. The molecule has 0 unspecified atom stereocenters. The quantitative estimate of drug-likeness (QED) is 0.855. The maximum absolute atomic E-state index is 11.6. The van der Waals surface area contributed by atoms with Gasteiger partial charge in [-0.15, -0.1) is 0 Å². The monoisotopic (exact) mass is 282 g/mol. The summed E-state index contributed by atoms with van der Waals surface area (Å²) in [5.41, 5.74) is 2.01. The highest BCUT2D eigenvalue weighted by Gasteiger charge is 2.01. The second-order valence-electron chi connectivity index (χ2n) is 4.69. The van der Waals surface area contributed by atoms with E-state index in [4.69, 9.17) is 0 Å². The molecule has 0 saturated heterocycles. The third kappa shape index (κ3) is 4.39. The highest BCUT2D eigenvalue weighted by atomic mass is 16.2. The molecule has 0 aliphatic carbocycles. The van der Waals surface area contributed by atoms with Crippen molar-refractivity contribution in [3.8, 4) is 11.8 Å². The molecule has 0 radical (unpaired) electrons. The van der Waals surface area contributed by atoms with Crippen LogP contribution in [0.15, 0.2) is 42.7 Å². The average molecular weight is 282 g/mol. The lowest BCUT2D eigenvalue weighted by molar-refractivity contribution is -0.121. The number of carbonyl (C=O) groups excluding carboxylic acids is 1. The van der Waals surface area contributed by atoms with Gasteiger partial charge in [0.1, 0.15) is 6.54 Å². The molecule has 0 fully saturated rings. The van der Waals surface area contributed by atoms with Crippen molar-refractivity contribution < 1.29 is 4.79 Å². The van der Waals surface area contributed by atoms with E-state index in [2.05, 4.69) is 22.3 Å². The van der Waals surface area contributed by atoms with Gasteiger partial charge in [-0.3, -0.25) is 9.48 Å². The second kappa shape index (κ2) is 7.15. The summed E-state index contributed by atoms with van der Waals surface area (Å²) < 4.78 is 1.57. The van der Waals surface area contributed by atoms with Gasteiger partial charge in [0.2, 0.25) is 5.91 Å². The molecule has 1 N–H and O–H groups in total. The summed E-state index contributed by atoms with van der Waals surface area (Å²) >= 11 is 0. The fourth-order valence-corrected chi connectivity index (χ4v) is 1.85. The molecule has 0 aliphatic heterocycles. The van der Waals surface area contributed by atoms with Crippen molar-refractivity contribution in [2.24, 2.45) is 0 Å². The molecule has 2 aromatic rings. The maximum atomic E-state index is 11.6. The highest BCUT2D eigenvalue weighted by Crippen LogP contribution is 2.16. The van der Waals surface area contributed by atoms with Gasteiger partial charge in [-0.25, -0.2) is 0 Å². The zero-order chi connectivity index (χ0) is 15.1. The summed E-state index contributed by atoms with van der Waals surface area (Å²) in [6.45, 7) is 0.533. The molecule has 1 heterocycles. The van der Waals surface area contributed by atoms with E-state index < -0.39 is 0 Å². The molecular weight excluding hydrogens is 264 g/mol. The molecule has 21 heavy (non-hydrogen) atoms. The van der Waals surface area contributed by atoms with Gasteiger partial charge in [-0.05, 0) is 18.2 Å². The van der Waals surface area contributed by atoms with E-state index >= 15 is 0 Å². The topological polar surface area (TPSA) is 50.2 Å². The van der Waals surface area contributed by atoms with E-state index in [1.165, 1.54) is 0 Å². The number of carbonyl (C=O) groups is 1.